The van der Waals surface area contributed by atoms with Gasteiger partial charge in [-0.1, -0.05) is 0 Å². The Kier molecular flexibility index (Phi) is 4.13. The normalized spacial score (nSPS) is 20.2. The van der Waals surface area contributed by atoms with Crippen LogP contribution in [0, 0.1) is 5.92 Å². The van der Waals surface area contributed by atoms with Crippen molar-refractivity contribution in [3.63, 3.8) is 0 Å². The molecule has 19 heavy (non-hydrogen) atoms. The Morgan fingerprint density at radius 1 is 1.32 bits per heavy atom. The van der Waals surface area contributed by atoms with E-state index in [1.165, 1.54) is 18.4 Å². The molecule has 106 valence electrons. The molecule has 1 fully saturated rings. The largest absolute Gasteiger partial charge is 0.371 e. The summed E-state index contributed by atoms with van der Waals surface area (Å²) in [5.74, 6) is 0.546. The van der Waals surface area contributed by atoms with Crippen LogP contribution < -0.4 is 10.6 Å². The summed E-state index contributed by atoms with van der Waals surface area (Å²) < 4.78 is 25.1. The highest BCUT2D eigenvalue weighted by Gasteiger charge is 2.22. The maximum absolute atomic E-state index is 12.0. The van der Waals surface area contributed by atoms with Gasteiger partial charge in [0.25, 0.3) is 0 Å². The average molecular weight is 283 g/mol. The Bertz CT molecular complexity index is 525. The molecule has 1 aliphatic heterocycles. The van der Waals surface area contributed by atoms with Crippen LogP contribution in [0.5, 0.6) is 0 Å². The van der Waals surface area contributed by atoms with Crippen LogP contribution in [0.3, 0.4) is 0 Å². The third-order valence-electron chi connectivity index (χ3n) is 3.60. The summed E-state index contributed by atoms with van der Waals surface area (Å²) in [5, 5.41) is 0. The highest BCUT2D eigenvalue weighted by atomic mass is 32.2. The zero-order valence-electron chi connectivity index (χ0n) is 11.4. The Balaban J connectivity index is 2.16. The van der Waals surface area contributed by atoms with Crippen LogP contribution in [0.2, 0.25) is 0 Å². The zero-order chi connectivity index (χ0) is 14.0. The number of hydrogen-bond acceptors (Lipinski definition) is 4. The van der Waals surface area contributed by atoms with Crippen molar-refractivity contribution >= 4 is 15.7 Å². The number of nitrogens with two attached hydrogens (primary N) is 1. The van der Waals surface area contributed by atoms with Crippen molar-refractivity contribution in [1.82, 2.24) is 4.31 Å². The zero-order valence-corrected chi connectivity index (χ0v) is 12.2. The predicted octanol–water partition coefficient (Wildman–Crippen LogP) is 0.722. The molecule has 1 aliphatic rings. The smallest absolute Gasteiger partial charge is 0.242 e. The van der Waals surface area contributed by atoms with E-state index in [0.29, 0.717) is 17.4 Å². The maximum Gasteiger partial charge on any atom is 0.242 e. The van der Waals surface area contributed by atoms with Gasteiger partial charge in [-0.2, -0.15) is 0 Å². The second kappa shape index (κ2) is 5.48. The number of hydrogen-bond donors (Lipinski definition) is 1. The van der Waals surface area contributed by atoms with Gasteiger partial charge in [0.15, 0.2) is 0 Å². The molecule has 2 rings (SSSR count). The fourth-order valence-electron chi connectivity index (χ4n) is 2.30. The summed E-state index contributed by atoms with van der Waals surface area (Å²) in [6, 6.07) is 7.07. The summed E-state index contributed by atoms with van der Waals surface area (Å²) in [6.45, 7) is 2.65. The lowest BCUT2D eigenvalue weighted by molar-refractivity contribution is 0.521. The van der Waals surface area contributed by atoms with Crippen molar-refractivity contribution in [2.24, 2.45) is 11.7 Å². The summed E-state index contributed by atoms with van der Waals surface area (Å²) in [5.41, 5.74) is 6.74. The monoisotopic (exact) mass is 283 g/mol. The minimum absolute atomic E-state index is 0.329. The van der Waals surface area contributed by atoms with E-state index >= 15 is 0 Å². The van der Waals surface area contributed by atoms with Gasteiger partial charge in [-0.25, -0.2) is 12.7 Å². The van der Waals surface area contributed by atoms with Crippen LogP contribution in [-0.4, -0.2) is 46.5 Å². The molecule has 0 spiro atoms. The molecule has 1 heterocycles. The molecule has 1 aromatic carbocycles. The van der Waals surface area contributed by atoms with Crippen LogP contribution in [0.1, 0.15) is 6.42 Å². The molecule has 0 aromatic heterocycles. The van der Waals surface area contributed by atoms with E-state index in [1.54, 1.807) is 12.1 Å². The Morgan fingerprint density at radius 2 is 1.95 bits per heavy atom. The molecule has 1 unspecified atom stereocenters. The lowest BCUT2D eigenvalue weighted by atomic mass is 10.1. The van der Waals surface area contributed by atoms with E-state index in [4.69, 9.17) is 5.73 Å². The molecule has 6 heteroatoms. The first kappa shape index (κ1) is 14.3. The van der Waals surface area contributed by atoms with Crippen LogP contribution in [-0.2, 0) is 10.0 Å². The van der Waals surface area contributed by atoms with Crippen LogP contribution in [0.4, 0.5) is 5.69 Å². The standard InChI is InChI=1S/C13H21N3O2S/c1-15(2)19(17,18)13-5-3-12(4-6-13)16-8-7-11(9-14)10-16/h3-6,11H,7-10,14H2,1-2H3. The number of rotatable bonds is 4. The molecule has 1 saturated heterocycles. The minimum Gasteiger partial charge on any atom is -0.371 e. The van der Waals surface area contributed by atoms with Gasteiger partial charge in [0.05, 0.1) is 4.90 Å². The molecule has 2 N–H and O–H groups in total. The summed E-state index contributed by atoms with van der Waals surface area (Å²) in [6.07, 6.45) is 1.11. The number of benzene rings is 1. The number of anilines is 1. The lowest BCUT2D eigenvalue weighted by Gasteiger charge is -2.19. The Morgan fingerprint density at radius 3 is 2.42 bits per heavy atom. The van der Waals surface area contributed by atoms with Gasteiger partial charge < -0.3 is 10.6 Å². The molecule has 1 atom stereocenters. The predicted molar refractivity (Wildman–Crippen MR) is 76.7 cm³/mol. The Labute approximate surface area is 115 Å². The van der Waals surface area contributed by atoms with Crippen molar-refractivity contribution in [3.05, 3.63) is 24.3 Å². The van der Waals surface area contributed by atoms with E-state index in [1.807, 2.05) is 12.1 Å². The van der Waals surface area contributed by atoms with Crippen molar-refractivity contribution < 1.29 is 8.42 Å². The fraction of sp³-hybridized carbons (Fsp3) is 0.538. The first-order valence-electron chi connectivity index (χ1n) is 6.42. The minimum atomic E-state index is -3.34. The maximum atomic E-state index is 12.0. The van der Waals surface area contributed by atoms with E-state index < -0.39 is 10.0 Å². The van der Waals surface area contributed by atoms with Crippen molar-refractivity contribution in [3.8, 4) is 0 Å². The molecular formula is C13H21N3O2S. The third-order valence-corrected chi connectivity index (χ3v) is 5.43. The van der Waals surface area contributed by atoms with Gasteiger partial charge >= 0.3 is 0 Å². The quantitative estimate of drug-likeness (QED) is 0.884. The molecule has 0 saturated carbocycles. The van der Waals surface area contributed by atoms with E-state index in [-0.39, 0.29) is 0 Å². The molecule has 0 bridgehead atoms. The first-order valence-corrected chi connectivity index (χ1v) is 7.86. The Hall–Kier alpha value is -1.11. The SMILES string of the molecule is CN(C)S(=O)(=O)c1ccc(N2CCC(CN)C2)cc1. The van der Waals surface area contributed by atoms with Gasteiger partial charge in [-0.15, -0.1) is 0 Å². The molecule has 5 nitrogen and oxygen atoms in total. The van der Waals surface area contributed by atoms with Crippen LogP contribution >= 0.6 is 0 Å². The van der Waals surface area contributed by atoms with Crippen molar-refractivity contribution in [2.45, 2.75) is 11.3 Å². The molecule has 0 radical (unpaired) electrons. The molecule has 0 amide bonds. The first-order chi connectivity index (χ1) is 8.95. The van der Waals surface area contributed by atoms with Crippen LogP contribution in [0.25, 0.3) is 0 Å². The molecular weight excluding hydrogens is 262 g/mol. The second-order valence-electron chi connectivity index (χ2n) is 5.12. The summed E-state index contributed by atoms with van der Waals surface area (Å²) in [7, 11) is -0.263. The van der Waals surface area contributed by atoms with Crippen molar-refractivity contribution in [2.75, 3.05) is 38.6 Å². The second-order valence-corrected chi connectivity index (χ2v) is 7.27. The highest BCUT2D eigenvalue weighted by molar-refractivity contribution is 7.89. The van der Waals surface area contributed by atoms with Gasteiger partial charge in [0, 0.05) is 32.9 Å². The summed E-state index contributed by atoms with van der Waals surface area (Å²) in [4.78, 5) is 2.58. The van der Waals surface area contributed by atoms with E-state index in [9.17, 15) is 8.42 Å². The fourth-order valence-corrected chi connectivity index (χ4v) is 3.20. The highest BCUT2D eigenvalue weighted by Crippen LogP contribution is 2.25. The van der Waals surface area contributed by atoms with Gasteiger partial charge in [0.1, 0.15) is 0 Å². The molecule has 0 aliphatic carbocycles. The van der Waals surface area contributed by atoms with Crippen LogP contribution in [0.15, 0.2) is 29.2 Å². The lowest BCUT2D eigenvalue weighted by Crippen LogP contribution is -2.23. The van der Waals surface area contributed by atoms with E-state index in [0.717, 1.165) is 25.2 Å². The average Bonchev–Trinajstić information content (AvgIpc) is 2.87. The molecule has 1 aromatic rings. The van der Waals surface area contributed by atoms with Crippen molar-refractivity contribution in [1.29, 1.82) is 0 Å². The number of sulfonamides is 1. The summed E-state index contributed by atoms with van der Waals surface area (Å²) >= 11 is 0. The van der Waals surface area contributed by atoms with Gasteiger partial charge in [0.2, 0.25) is 10.0 Å². The van der Waals surface area contributed by atoms with Gasteiger partial charge in [-0.05, 0) is 43.1 Å². The van der Waals surface area contributed by atoms with Gasteiger partial charge in [-0.3, -0.25) is 0 Å². The third kappa shape index (κ3) is 2.91. The van der Waals surface area contributed by atoms with E-state index in [2.05, 4.69) is 4.90 Å². The number of nitrogens with zero attached hydrogens (tertiary/aromatic N) is 2. The topological polar surface area (TPSA) is 66.6 Å².